The second-order valence-corrected chi connectivity index (χ2v) is 4.76. The van der Waals surface area contributed by atoms with Gasteiger partial charge in [-0.1, -0.05) is 38.2 Å². The largest absolute Gasteiger partial charge is 0.384 e. The summed E-state index contributed by atoms with van der Waals surface area (Å²) < 4.78 is 0. The first-order chi connectivity index (χ1) is 9.06. The third-order valence-electron chi connectivity index (χ3n) is 3.05. The molecular formula is C16H21NO2. The fraction of sp³-hybridized carbons (Fsp3) is 0.438. The molecule has 0 bridgehead atoms. The Hall–Kier alpha value is -1.79. The predicted molar refractivity (Wildman–Crippen MR) is 77.8 cm³/mol. The van der Waals surface area contributed by atoms with Crippen LogP contribution in [-0.4, -0.2) is 17.6 Å². The van der Waals surface area contributed by atoms with Crippen LogP contribution in [0.5, 0.6) is 0 Å². The molecule has 1 amide bonds. The molecule has 3 heteroatoms. The number of nitrogens with one attached hydrogen (secondary N) is 1. The maximum absolute atomic E-state index is 11.8. The minimum absolute atomic E-state index is 0.0271. The molecule has 0 aliphatic carbocycles. The maximum Gasteiger partial charge on any atom is 0.224 e. The molecule has 1 aromatic carbocycles. The number of benzene rings is 1. The van der Waals surface area contributed by atoms with Gasteiger partial charge < -0.3 is 10.4 Å². The van der Waals surface area contributed by atoms with Crippen molar-refractivity contribution in [3.8, 4) is 11.8 Å². The van der Waals surface area contributed by atoms with Crippen LogP contribution in [0.3, 0.4) is 0 Å². The third-order valence-corrected chi connectivity index (χ3v) is 3.05. The van der Waals surface area contributed by atoms with Crippen molar-refractivity contribution < 1.29 is 9.90 Å². The zero-order chi connectivity index (χ0) is 14.3. The third kappa shape index (κ3) is 5.15. The van der Waals surface area contributed by atoms with Gasteiger partial charge in [-0.3, -0.25) is 4.79 Å². The highest BCUT2D eigenvalue weighted by Gasteiger charge is 2.08. The van der Waals surface area contributed by atoms with Crippen molar-refractivity contribution in [2.75, 3.05) is 11.9 Å². The van der Waals surface area contributed by atoms with E-state index in [4.69, 9.17) is 5.11 Å². The molecule has 1 rings (SSSR count). The van der Waals surface area contributed by atoms with Crippen LogP contribution in [0, 0.1) is 24.7 Å². The van der Waals surface area contributed by atoms with Gasteiger partial charge in [-0.2, -0.15) is 0 Å². The molecule has 1 atom stereocenters. The Bertz CT molecular complexity index is 497. The lowest BCUT2D eigenvalue weighted by atomic mass is 10.0. The van der Waals surface area contributed by atoms with E-state index >= 15 is 0 Å². The number of aryl methyl sites for hydroxylation is 1. The molecule has 0 aromatic heterocycles. The van der Waals surface area contributed by atoms with E-state index in [1.165, 1.54) is 0 Å². The van der Waals surface area contributed by atoms with Crippen LogP contribution in [0.15, 0.2) is 18.2 Å². The Morgan fingerprint density at radius 1 is 1.47 bits per heavy atom. The maximum atomic E-state index is 11.8. The van der Waals surface area contributed by atoms with Gasteiger partial charge in [-0.15, -0.1) is 0 Å². The minimum Gasteiger partial charge on any atom is -0.384 e. The summed E-state index contributed by atoms with van der Waals surface area (Å²) in [6, 6.07) is 5.63. The van der Waals surface area contributed by atoms with Crippen LogP contribution in [0.25, 0.3) is 0 Å². The van der Waals surface area contributed by atoms with Crippen LogP contribution in [0.1, 0.15) is 37.8 Å². The van der Waals surface area contributed by atoms with Crippen molar-refractivity contribution >= 4 is 11.6 Å². The first-order valence-electron chi connectivity index (χ1n) is 6.57. The molecule has 0 heterocycles. The lowest BCUT2D eigenvalue weighted by Crippen LogP contribution is -2.14. The first kappa shape index (κ1) is 15.3. The van der Waals surface area contributed by atoms with Crippen LogP contribution >= 0.6 is 0 Å². The normalized spacial score (nSPS) is 11.4. The van der Waals surface area contributed by atoms with E-state index in [0.29, 0.717) is 12.3 Å². The molecule has 0 saturated carbocycles. The molecule has 0 aliphatic rings. The predicted octanol–water partition coefficient (Wildman–Crippen LogP) is 2.71. The summed E-state index contributed by atoms with van der Waals surface area (Å²) in [6.07, 6.45) is 1.52. The van der Waals surface area contributed by atoms with E-state index in [1.54, 1.807) is 0 Å². The van der Waals surface area contributed by atoms with E-state index in [-0.39, 0.29) is 12.5 Å². The Kier molecular flexibility index (Phi) is 6.11. The number of carbonyl (C=O) groups is 1. The van der Waals surface area contributed by atoms with Crippen molar-refractivity contribution in [2.45, 2.75) is 33.6 Å². The SMILES string of the molecule is CCC(C)CC(=O)Nc1ccc(C)c(C#CCO)c1. The standard InChI is InChI=1S/C16H21NO2/c1-4-12(2)10-16(19)17-15-8-7-13(3)14(11-15)6-5-9-18/h7-8,11-12,18H,4,9-10H2,1-3H3,(H,17,19). The molecule has 1 unspecified atom stereocenters. The van der Waals surface area contributed by atoms with Gasteiger partial charge >= 0.3 is 0 Å². The van der Waals surface area contributed by atoms with Crippen LogP contribution in [-0.2, 0) is 4.79 Å². The minimum atomic E-state index is -0.163. The molecule has 0 aliphatic heterocycles. The average molecular weight is 259 g/mol. The summed E-state index contributed by atoms with van der Waals surface area (Å²) in [5, 5.41) is 11.6. The number of aliphatic hydroxyl groups is 1. The van der Waals surface area contributed by atoms with Crippen molar-refractivity contribution in [3.63, 3.8) is 0 Å². The number of hydrogen-bond donors (Lipinski definition) is 2. The molecule has 19 heavy (non-hydrogen) atoms. The number of aliphatic hydroxyl groups excluding tert-OH is 1. The van der Waals surface area contributed by atoms with Gasteiger partial charge in [0.05, 0.1) is 0 Å². The van der Waals surface area contributed by atoms with Crippen molar-refractivity contribution in [1.29, 1.82) is 0 Å². The number of rotatable bonds is 4. The lowest BCUT2D eigenvalue weighted by Gasteiger charge is -2.10. The molecule has 0 radical (unpaired) electrons. The number of amides is 1. The Balaban J connectivity index is 2.77. The Morgan fingerprint density at radius 2 is 2.21 bits per heavy atom. The smallest absolute Gasteiger partial charge is 0.224 e. The van der Waals surface area contributed by atoms with Gasteiger partial charge in [0.1, 0.15) is 6.61 Å². The molecule has 102 valence electrons. The topological polar surface area (TPSA) is 49.3 Å². The lowest BCUT2D eigenvalue weighted by molar-refractivity contribution is -0.117. The second-order valence-electron chi connectivity index (χ2n) is 4.76. The molecule has 0 spiro atoms. The summed E-state index contributed by atoms with van der Waals surface area (Å²) in [4.78, 5) is 11.8. The summed E-state index contributed by atoms with van der Waals surface area (Å²) in [5.41, 5.74) is 2.61. The summed E-state index contributed by atoms with van der Waals surface area (Å²) in [7, 11) is 0. The van der Waals surface area contributed by atoms with Crippen LogP contribution < -0.4 is 5.32 Å². The van der Waals surface area contributed by atoms with Gasteiger partial charge in [-0.25, -0.2) is 0 Å². The van der Waals surface area contributed by atoms with Gasteiger partial charge in [0.15, 0.2) is 0 Å². The molecule has 2 N–H and O–H groups in total. The monoisotopic (exact) mass is 259 g/mol. The Morgan fingerprint density at radius 3 is 2.84 bits per heavy atom. The zero-order valence-electron chi connectivity index (χ0n) is 11.8. The summed E-state index contributed by atoms with van der Waals surface area (Å²) in [6.45, 7) is 5.93. The van der Waals surface area contributed by atoms with E-state index < -0.39 is 0 Å². The Labute approximate surface area is 115 Å². The van der Waals surface area contributed by atoms with E-state index in [2.05, 4.69) is 31.0 Å². The number of anilines is 1. The first-order valence-corrected chi connectivity index (χ1v) is 6.57. The average Bonchev–Trinajstić information content (AvgIpc) is 2.39. The van der Waals surface area contributed by atoms with Crippen molar-refractivity contribution in [3.05, 3.63) is 29.3 Å². The fourth-order valence-corrected chi connectivity index (χ4v) is 1.64. The quantitative estimate of drug-likeness (QED) is 0.817. The summed E-state index contributed by atoms with van der Waals surface area (Å²) in [5.74, 6) is 5.91. The second kappa shape index (κ2) is 7.60. The van der Waals surface area contributed by atoms with E-state index in [1.807, 2.05) is 25.1 Å². The zero-order valence-corrected chi connectivity index (χ0v) is 11.8. The highest BCUT2D eigenvalue weighted by molar-refractivity contribution is 5.91. The van der Waals surface area contributed by atoms with Gasteiger partial charge in [0.25, 0.3) is 0 Å². The summed E-state index contributed by atoms with van der Waals surface area (Å²) >= 11 is 0. The highest BCUT2D eigenvalue weighted by Crippen LogP contribution is 2.16. The van der Waals surface area contributed by atoms with Gasteiger partial charge in [-0.05, 0) is 30.5 Å². The van der Waals surface area contributed by atoms with Crippen molar-refractivity contribution in [2.24, 2.45) is 5.92 Å². The molecule has 3 nitrogen and oxygen atoms in total. The molecule has 1 aromatic rings. The van der Waals surface area contributed by atoms with Gasteiger partial charge in [0.2, 0.25) is 5.91 Å². The van der Waals surface area contributed by atoms with Gasteiger partial charge in [0, 0.05) is 17.7 Å². The molecule has 0 saturated heterocycles. The van der Waals surface area contributed by atoms with E-state index in [9.17, 15) is 4.79 Å². The van der Waals surface area contributed by atoms with Crippen molar-refractivity contribution in [1.82, 2.24) is 0 Å². The molecule has 0 fully saturated rings. The molecular weight excluding hydrogens is 238 g/mol. The van der Waals surface area contributed by atoms with E-state index in [0.717, 1.165) is 23.2 Å². The van der Waals surface area contributed by atoms with Crippen LogP contribution in [0.4, 0.5) is 5.69 Å². The highest BCUT2D eigenvalue weighted by atomic mass is 16.2. The fourth-order valence-electron chi connectivity index (χ4n) is 1.64. The number of hydrogen-bond acceptors (Lipinski definition) is 2. The van der Waals surface area contributed by atoms with Crippen LogP contribution in [0.2, 0.25) is 0 Å². The number of carbonyl (C=O) groups excluding carboxylic acids is 1.